The first-order valence-electron chi connectivity index (χ1n) is 11.5. The minimum absolute atomic E-state index is 0.0746. The van der Waals surface area contributed by atoms with Gasteiger partial charge >= 0.3 is 12.4 Å². The quantitative estimate of drug-likeness (QED) is 0.309. The summed E-state index contributed by atoms with van der Waals surface area (Å²) in [5.41, 5.74) is -1.51. The minimum Gasteiger partial charge on any atom is -0.349 e. The molecule has 0 amide bonds. The second-order valence-electron chi connectivity index (χ2n) is 8.79. The van der Waals surface area contributed by atoms with E-state index in [1.165, 1.54) is 12.1 Å². The van der Waals surface area contributed by atoms with Crippen LogP contribution in [0.5, 0.6) is 0 Å². The monoisotopic (exact) mass is 527 g/mol. The predicted octanol–water partition coefficient (Wildman–Crippen LogP) is 7.54. The van der Waals surface area contributed by atoms with Gasteiger partial charge in [0.05, 0.1) is 30.4 Å². The standard InChI is InChI=1S/C27H24F7NO2/c1-17(19-5-3-2-4-6-19)35-11-12-36-25(24(35)20-7-9-23(28)10-8-20)37-16-18-13-21(26(29,30)31)15-22(14-18)27(32,33)34/h2-10,13-15,17,24-25H,11-12,16H2,1H3/t17-,24-,25-/m1/s1. The van der Waals surface area contributed by atoms with Crippen molar-refractivity contribution in [2.45, 2.75) is 44.3 Å². The molecule has 198 valence electrons. The molecule has 0 N–H and O–H groups in total. The van der Waals surface area contributed by atoms with Gasteiger partial charge in [-0.3, -0.25) is 4.90 Å². The topological polar surface area (TPSA) is 21.7 Å². The summed E-state index contributed by atoms with van der Waals surface area (Å²) in [6.45, 7) is 2.11. The second-order valence-corrected chi connectivity index (χ2v) is 8.79. The molecule has 3 aromatic carbocycles. The number of nitrogens with zero attached hydrogens (tertiary/aromatic N) is 1. The molecular formula is C27H24F7NO2. The molecule has 1 aliphatic heterocycles. The van der Waals surface area contributed by atoms with Gasteiger partial charge in [-0.1, -0.05) is 42.5 Å². The van der Waals surface area contributed by atoms with Crippen molar-refractivity contribution in [3.05, 3.63) is 106 Å². The van der Waals surface area contributed by atoms with Crippen LogP contribution in [-0.2, 0) is 28.4 Å². The molecule has 37 heavy (non-hydrogen) atoms. The van der Waals surface area contributed by atoms with Gasteiger partial charge in [0.2, 0.25) is 0 Å². The summed E-state index contributed by atoms with van der Waals surface area (Å²) in [5, 5.41) is 0. The van der Waals surface area contributed by atoms with Crippen molar-refractivity contribution in [1.82, 2.24) is 4.90 Å². The number of morpholine rings is 1. The Labute approximate surface area is 209 Å². The Morgan fingerprint density at radius 2 is 1.49 bits per heavy atom. The molecule has 1 fully saturated rings. The molecular weight excluding hydrogens is 503 g/mol. The summed E-state index contributed by atoms with van der Waals surface area (Å²) < 4.78 is 105. The van der Waals surface area contributed by atoms with Gasteiger partial charge in [0.1, 0.15) is 5.82 Å². The Morgan fingerprint density at radius 3 is 2.05 bits per heavy atom. The maximum absolute atomic E-state index is 13.6. The van der Waals surface area contributed by atoms with Crippen LogP contribution >= 0.6 is 0 Å². The summed E-state index contributed by atoms with van der Waals surface area (Å²) >= 11 is 0. The summed E-state index contributed by atoms with van der Waals surface area (Å²) in [7, 11) is 0. The van der Waals surface area contributed by atoms with E-state index < -0.39 is 48.2 Å². The molecule has 0 aromatic heterocycles. The van der Waals surface area contributed by atoms with Crippen LogP contribution in [0, 0.1) is 5.82 Å². The zero-order valence-corrected chi connectivity index (χ0v) is 19.7. The third kappa shape index (κ3) is 6.49. The molecule has 0 radical (unpaired) electrons. The van der Waals surface area contributed by atoms with E-state index in [-0.39, 0.29) is 24.3 Å². The lowest BCUT2D eigenvalue weighted by Gasteiger charge is -2.44. The van der Waals surface area contributed by atoms with Gasteiger partial charge in [-0.2, -0.15) is 26.3 Å². The molecule has 0 unspecified atom stereocenters. The molecule has 0 aliphatic carbocycles. The van der Waals surface area contributed by atoms with Crippen LogP contribution in [0.15, 0.2) is 72.8 Å². The maximum Gasteiger partial charge on any atom is 0.416 e. The Morgan fingerprint density at radius 1 is 0.892 bits per heavy atom. The third-order valence-corrected chi connectivity index (χ3v) is 6.30. The molecule has 0 saturated carbocycles. The first-order chi connectivity index (χ1) is 17.4. The summed E-state index contributed by atoms with van der Waals surface area (Å²) in [4.78, 5) is 2.06. The van der Waals surface area contributed by atoms with Crippen LogP contribution in [0.2, 0.25) is 0 Å². The van der Waals surface area contributed by atoms with E-state index in [4.69, 9.17) is 9.47 Å². The van der Waals surface area contributed by atoms with Crippen molar-refractivity contribution in [3.63, 3.8) is 0 Å². The molecule has 3 atom stereocenters. The van der Waals surface area contributed by atoms with E-state index >= 15 is 0 Å². The van der Waals surface area contributed by atoms with Crippen molar-refractivity contribution in [1.29, 1.82) is 0 Å². The molecule has 3 aromatic rings. The van der Waals surface area contributed by atoms with Gasteiger partial charge in [0.15, 0.2) is 6.29 Å². The highest BCUT2D eigenvalue weighted by Crippen LogP contribution is 2.39. The normalized spacial score (nSPS) is 20.1. The van der Waals surface area contributed by atoms with Crippen LogP contribution in [0.4, 0.5) is 30.7 Å². The Kier molecular flexibility index (Phi) is 7.91. The van der Waals surface area contributed by atoms with Crippen molar-refractivity contribution in [3.8, 4) is 0 Å². The van der Waals surface area contributed by atoms with E-state index in [1.54, 1.807) is 12.1 Å². The van der Waals surface area contributed by atoms with Crippen molar-refractivity contribution < 1.29 is 40.2 Å². The Bertz CT molecular complexity index is 1150. The Hall–Kier alpha value is -2.95. The van der Waals surface area contributed by atoms with Crippen LogP contribution < -0.4 is 0 Å². The van der Waals surface area contributed by atoms with Crippen LogP contribution in [0.3, 0.4) is 0 Å². The molecule has 1 saturated heterocycles. The van der Waals surface area contributed by atoms with Gasteiger partial charge in [0, 0.05) is 12.6 Å². The predicted molar refractivity (Wildman–Crippen MR) is 122 cm³/mol. The summed E-state index contributed by atoms with van der Waals surface area (Å²) in [6, 6.07) is 15.8. The second kappa shape index (κ2) is 10.8. The smallest absolute Gasteiger partial charge is 0.349 e. The molecule has 1 heterocycles. The molecule has 0 spiro atoms. The van der Waals surface area contributed by atoms with Gasteiger partial charge in [-0.05, 0) is 53.9 Å². The fraction of sp³-hybridized carbons (Fsp3) is 0.333. The van der Waals surface area contributed by atoms with E-state index in [2.05, 4.69) is 4.90 Å². The SMILES string of the molecule is C[C@H](c1ccccc1)N1CCO[C@H](OCc2cc(C(F)(F)F)cc(C(F)(F)F)c2)[C@H]1c1ccc(F)cc1. The lowest BCUT2D eigenvalue weighted by Crippen LogP contribution is -2.47. The molecule has 1 aliphatic rings. The average molecular weight is 527 g/mol. The van der Waals surface area contributed by atoms with Crippen molar-refractivity contribution >= 4 is 0 Å². The highest BCUT2D eigenvalue weighted by Gasteiger charge is 2.39. The zero-order valence-electron chi connectivity index (χ0n) is 19.7. The van der Waals surface area contributed by atoms with Gasteiger partial charge < -0.3 is 9.47 Å². The van der Waals surface area contributed by atoms with Gasteiger partial charge in [-0.25, -0.2) is 4.39 Å². The van der Waals surface area contributed by atoms with Gasteiger partial charge in [-0.15, -0.1) is 0 Å². The number of halogens is 7. The fourth-order valence-electron chi connectivity index (χ4n) is 4.45. The lowest BCUT2D eigenvalue weighted by molar-refractivity contribution is -0.222. The van der Waals surface area contributed by atoms with E-state index in [9.17, 15) is 30.7 Å². The lowest BCUT2D eigenvalue weighted by atomic mass is 9.98. The van der Waals surface area contributed by atoms with Crippen molar-refractivity contribution in [2.75, 3.05) is 13.2 Å². The number of benzene rings is 3. The van der Waals surface area contributed by atoms with Crippen LogP contribution in [0.1, 0.15) is 46.8 Å². The molecule has 0 bridgehead atoms. The van der Waals surface area contributed by atoms with E-state index in [0.717, 1.165) is 5.56 Å². The third-order valence-electron chi connectivity index (χ3n) is 6.30. The van der Waals surface area contributed by atoms with E-state index in [0.29, 0.717) is 24.2 Å². The number of alkyl halides is 6. The number of hydrogen-bond acceptors (Lipinski definition) is 3. The largest absolute Gasteiger partial charge is 0.416 e. The van der Waals surface area contributed by atoms with Crippen LogP contribution in [0.25, 0.3) is 0 Å². The first kappa shape index (κ1) is 27.1. The molecule has 4 rings (SSSR count). The van der Waals surface area contributed by atoms with Crippen molar-refractivity contribution in [2.24, 2.45) is 0 Å². The zero-order chi connectivity index (χ0) is 26.8. The van der Waals surface area contributed by atoms with Crippen LogP contribution in [-0.4, -0.2) is 24.3 Å². The molecule has 3 nitrogen and oxygen atoms in total. The van der Waals surface area contributed by atoms with Gasteiger partial charge in [0.25, 0.3) is 0 Å². The minimum atomic E-state index is -4.96. The Balaban J connectivity index is 1.64. The highest BCUT2D eigenvalue weighted by molar-refractivity contribution is 5.33. The maximum atomic E-state index is 13.6. The highest BCUT2D eigenvalue weighted by atomic mass is 19.4. The van der Waals surface area contributed by atoms with E-state index in [1.807, 2.05) is 37.3 Å². The number of hydrogen-bond donors (Lipinski definition) is 0. The average Bonchev–Trinajstić information content (AvgIpc) is 2.86. The number of ether oxygens (including phenoxy) is 2. The number of rotatable bonds is 6. The fourth-order valence-corrected chi connectivity index (χ4v) is 4.45. The summed E-state index contributed by atoms with van der Waals surface area (Å²) in [6.07, 6.45) is -11.0. The first-order valence-corrected chi connectivity index (χ1v) is 11.5. The summed E-state index contributed by atoms with van der Waals surface area (Å²) in [5.74, 6) is -0.454. The molecule has 10 heteroatoms.